The number of hydrogen-bond acceptors (Lipinski definition) is 7. The molecule has 0 radical (unpaired) electrons. The first-order chi connectivity index (χ1) is 19.5. The molecule has 0 spiro atoms. The van der Waals surface area contributed by atoms with Gasteiger partial charge in [0.25, 0.3) is 0 Å². The van der Waals surface area contributed by atoms with Crippen LogP contribution in [0.1, 0.15) is 58.6 Å². The van der Waals surface area contributed by atoms with Gasteiger partial charge in [-0.2, -0.15) is 4.68 Å². The maximum Gasteiger partial charge on any atom is 0.407 e. The summed E-state index contributed by atoms with van der Waals surface area (Å²) in [5.41, 5.74) is 1.41. The third-order valence-electron chi connectivity index (χ3n) is 6.94. The van der Waals surface area contributed by atoms with Crippen molar-refractivity contribution in [2.24, 2.45) is 0 Å². The molecule has 1 aliphatic rings. The Hall–Kier alpha value is -4.47. The van der Waals surface area contributed by atoms with Gasteiger partial charge in [0.2, 0.25) is 0 Å². The van der Waals surface area contributed by atoms with Gasteiger partial charge in [0.1, 0.15) is 29.0 Å². The summed E-state index contributed by atoms with van der Waals surface area (Å²) in [6.07, 6.45) is 5.38. The molecule has 4 aromatic rings. The minimum Gasteiger partial charge on any atom is -0.490 e. The van der Waals surface area contributed by atoms with E-state index in [1.54, 1.807) is 6.20 Å². The zero-order chi connectivity index (χ0) is 29.2. The number of hydrogen-bond donors (Lipinski definition) is 1. The van der Waals surface area contributed by atoms with Crippen molar-refractivity contribution in [3.05, 3.63) is 90.1 Å². The smallest absolute Gasteiger partial charge is 0.407 e. The van der Waals surface area contributed by atoms with E-state index in [0.29, 0.717) is 11.6 Å². The first-order valence-electron chi connectivity index (χ1n) is 13.5. The molecule has 214 valence electrons. The Labute approximate surface area is 238 Å². The zero-order valence-electron chi connectivity index (χ0n) is 23.8. The van der Waals surface area contributed by atoms with Gasteiger partial charge < -0.3 is 19.5 Å². The van der Waals surface area contributed by atoms with Gasteiger partial charge in [-0.3, -0.25) is 0 Å². The number of benzene rings is 2. The summed E-state index contributed by atoms with van der Waals surface area (Å²) in [7, 11) is 0. The molecule has 0 unspecified atom stereocenters. The molecule has 9 nitrogen and oxygen atoms in total. The molecule has 41 heavy (non-hydrogen) atoms. The van der Waals surface area contributed by atoms with E-state index in [0.717, 1.165) is 35.9 Å². The minimum absolute atomic E-state index is 0.0553. The first-order valence-corrected chi connectivity index (χ1v) is 13.5. The highest BCUT2D eigenvalue weighted by Crippen LogP contribution is 2.35. The maximum absolute atomic E-state index is 13.9. The van der Waals surface area contributed by atoms with Crippen molar-refractivity contribution in [3.8, 4) is 23.1 Å². The maximum atomic E-state index is 13.9. The second-order valence-corrected chi connectivity index (χ2v) is 11.7. The number of nitrogens with one attached hydrogen (secondary N) is 1. The van der Waals surface area contributed by atoms with E-state index in [2.05, 4.69) is 46.6 Å². The van der Waals surface area contributed by atoms with Gasteiger partial charge in [-0.25, -0.2) is 14.2 Å². The van der Waals surface area contributed by atoms with Gasteiger partial charge in [0.05, 0.1) is 18.6 Å². The van der Waals surface area contributed by atoms with Crippen LogP contribution in [-0.4, -0.2) is 43.8 Å². The second kappa shape index (κ2) is 11.2. The lowest BCUT2D eigenvalue weighted by Crippen LogP contribution is -2.50. The highest BCUT2D eigenvalue weighted by Gasteiger charge is 2.33. The molecule has 1 fully saturated rings. The summed E-state index contributed by atoms with van der Waals surface area (Å²) in [5.74, 6) is 1.40. The van der Waals surface area contributed by atoms with Gasteiger partial charge >= 0.3 is 6.09 Å². The Morgan fingerprint density at radius 2 is 1.61 bits per heavy atom. The number of aromatic nitrogens is 4. The Kier molecular flexibility index (Phi) is 7.66. The number of amides is 1. The largest absolute Gasteiger partial charge is 0.490 e. The van der Waals surface area contributed by atoms with E-state index in [9.17, 15) is 9.18 Å². The molecule has 1 aliphatic carbocycles. The van der Waals surface area contributed by atoms with Crippen LogP contribution in [0.25, 0.3) is 5.82 Å². The van der Waals surface area contributed by atoms with Gasteiger partial charge in [-0.05, 0) is 56.2 Å². The molecule has 1 N–H and O–H groups in total. The molecule has 10 heteroatoms. The second-order valence-electron chi connectivity index (χ2n) is 11.7. The van der Waals surface area contributed by atoms with Crippen LogP contribution in [0.4, 0.5) is 9.18 Å². The van der Waals surface area contributed by atoms with Crippen LogP contribution in [0.15, 0.2) is 73.2 Å². The van der Waals surface area contributed by atoms with Crippen LogP contribution in [0, 0.1) is 5.82 Å². The third-order valence-corrected chi connectivity index (χ3v) is 6.94. The SMILES string of the molecule is CC(C)(C)OC(=O)NC1CC(Oc2ccc(C(C)(C)c3ccc(Oc4cc(F)cnc4-n4ccnn4)cc3)cc2)C1. The first kappa shape index (κ1) is 28.1. The van der Waals surface area contributed by atoms with Gasteiger partial charge in [0.15, 0.2) is 11.6 Å². The quantitative estimate of drug-likeness (QED) is 0.268. The Balaban J connectivity index is 1.18. The van der Waals surface area contributed by atoms with Gasteiger partial charge in [0, 0.05) is 30.4 Å². The number of carbonyl (C=O) groups excluding carboxylic acids is 1. The van der Waals surface area contributed by atoms with Crippen LogP contribution in [0.3, 0.4) is 0 Å². The molecule has 2 aromatic carbocycles. The molecule has 5 rings (SSSR count). The lowest BCUT2D eigenvalue weighted by atomic mass is 9.78. The average molecular weight is 560 g/mol. The molecule has 2 heterocycles. The van der Waals surface area contributed by atoms with Crippen molar-refractivity contribution in [3.63, 3.8) is 0 Å². The van der Waals surface area contributed by atoms with Crippen molar-refractivity contribution in [1.82, 2.24) is 25.3 Å². The normalized spacial score (nSPS) is 16.9. The number of alkyl carbamates (subject to hydrolysis) is 1. The molecule has 0 atom stereocenters. The summed E-state index contributed by atoms with van der Waals surface area (Å²) >= 11 is 0. The van der Waals surface area contributed by atoms with Crippen molar-refractivity contribution >= 4 is 6.09 Å². The molecular formula is C31H34FN5O4. The van der Waals surface area contributed by atoms with Crippen LogP contribution >= 0.6 is 0 Å². The summed E-state index contributed by atoms with van der Waals surface area (Å²) in [4.78, 5) is 16.0. The van der Waals surface area contributed by atoms with E-state index in [1.807, 2.05) is 57.2 Å². The summed E-state index contributed by atoms with van der Waals surface area (Å²) in [6.45, 7) is 9.84. The monoisotopic (exact) mass is 559 g/mol. The summed E-state index contributed by atoms with van der Waals surface area (Å²) in [6, 6.07) is 17.1. The van der Waals surface area contributed by atoms with E-state index in [-0.39, 0.29) is 23.3 Å². The number of halogens is 1. The lowest BCUT2D eigenvalue weighted by molar-refractivity contribution is 0.0363. The van der Waals surface area contributed by atoms with E-state index in [4.69, 9.17) is 14.2 Å². The summed E-state index contributed by atoms with van der Waals surface area (Å²) < 4.78 is 32.7. The predicted octanol–water partition coefficient (Wildman–Crippen LogP) is 6.35. The minimum atomic E-state index is -0.515. The molecule has 1 saturated carbocycles. The molecule has 0 saturated heterocycles. The van der Waals surface area contributed by atoms with Crippen molar-refractivity contribution in [2.75, 3.05) is 0 Å². The fourth-order valence-electron chi connectivity index (χ4n) is 4.61. The number of ether oxygens (including phenoxy) is 3. The molecule has 0 aliphatic heterocycles. The molecule has 0 bridgehead atoms. The van der Waals surface area contributed by atoms with E-state index >= 15 is 0 Å². The zero-order valence-corrected chi connectivity index (χ0v) is 23.8. The van der Waals surface area contributed by atoms with Crippen LogP contribution in [0.5, 0.6) is 17.2 Å². The van der Waals surface area contributed by atoms with E-state index in [1.165, 1.54) is 16.9 Å². The van der Waals surface area contributed by atoms with Crippen LogP contribution in [-0.2, 0) is 10.2 Å². The fraction of sp³-hybridized carbons (Fsp3) is 0.355. The Morgan fingerprint density at radius 3 is 2.20 bits per heavy atom. The van der Waals surface area contributed by atoms with Crippen LogP contribution in [0.2, 0.25) is 0 Å². The Morgan fingerprint density at radius 1 is 0.976 bits per heavy atom. The van der Waals surface area contributed by atoms with Crippen molar-refractivity contribution in [1.29, 1.82) is 0 Å². The summed E-state index contributed by atoms with van der Waals surface area (Å²) in [5, 5.41) is 10.6. The highest BCUT2D eigenvalue weighted by atomic mass is 19.1. The number of rotatable bonds is 8. The third kappa shape index (κ3) is 6.82. The predicted molar refractivity (Wildman–Crippen MR) is 151 cm³/mol. The molecule has 1 amide bonds. The standard InChI is InChI=1S/C31H34FN5O4/c1-30(2,3)41-29(38)35-23-17-26(18-23)39-24-10-6-20(7-11-24)31(4,5)21-8-12-25(13-9-21)40-27-16-22(32)19-33-28(27)37-15-14-34-36-37/h6-16,19,23,26H,17-18H2,1-5H3,(H,35,38). The number of nitrogens with zero attached hydrogens (tertiary/aromatic N) is 4. The van der Waals surface area contributed by atoms with E-state index < -0.39 is 17.5 Å². The topological polar surface area (TPSA) is 100 Å². The van der Waals surface area contributed by atoms with Gasteiger partial charge in [-0.1, -0.05) is 43.3 Å². The van der Waals surface area contributed by atoms with Crippen molar-refractivity contribution < 1.29 is 23.4 Å². The molecular weight excluding hydrogens is 525 g/mol. The van der Waals surface area contributed by atoms with Crippen molar-refractivity contribution in [2.45, 2.75) is 70.6 Å². The highest BCUT2D eigenvalue weighted by molar-refractivity contribution is 5.68. The van der Waals surface area contributed by atoms with Crippen LogP contribution < -0.4 is 14.8 Å². The number of carbonyl (C=O) groups is 1. The lowest BCUT2D eigenvalue weighted by Gasteiger charge is -2.36. The Bertz CT molecular complexity index is 1480. The average Bonchev–Trinajstić information content (AvgIpc) is 3.42. The fourth-order valence-corrected chi connectivity index (χ4v) is 4.61. The van der Waals surface area contributed by atoms with Gasteiger partial charge in [-0.15, -0.1) is 5.10 Å². The number of pyridine rings is 1. The molecule has 2 aromatic heterocycles.